The van der Waals surface area contributed by atoms with Gasteiger partial charge in [0, 0.05) is 6.42 Å². The van der Waals surface area contributed by atoms with E-state index in [9.17, 15) is 4.79 Å². The number of aliphatic carboxylic acids is 1. The minimum atomic E-state index is -0.865. The zero-order chi connectivity index (χ0) is 19.9. The second-order valence-electron chi connectivity index (χ2n) is 8.41. The molecule has 27 heavy (non-hydrogen) atoms. The molecule has 0 aromatic heterocycles. The van der Waals surface area contributed by atoms with Crippen LogP contribution in [0.5, 0.6) is 0 Å². The van der Waals surface area contributed by atoms with E-state index in [1.807, 2.05) is 25.1 Å². The molecule has 1 fully saturated rings. The van der Waals surface area contributed by atoms with Gasteiger partial charge in [-0.25, -0.2) is 9.78 Å². The van der Waals surface area contributed by atoms with Crippen molar-refractivity contribution in [2.45, 2.75) is 64.6 Å². The summed E-state index contributed by atoms with van der Waals surface area (Å²) in [6.45, 7) is 8.16. The van der Waals surface area contributed by atoms with Gasteiger partial charge in [-0.3, -0.25) is 4.79 Å². The maximum absolute atomic E-state index is 11.0. The van der Waals surface area contributed by atoms with E-state index in [-0.39, 0.29) is 6.42 Å². The Bertz CT molecular complexity index is 666. The highest BCUT2D eigenvalue weighted by molar-refractivity contribution is 5.68. The monoisotopic (exact) mass is 372 g/mol. The number of hydrogen-bond donors (Lipinski definition) is 1. The lowest BCUT2D eigenvalue weighted by atomic mass is 9.83. The van der Waals surface area contributed by atoms with Crippen molar-refractivity contribution in [3.8, 4) is 0 Å². The molecule has 0 aliphatic carbocycles. The van der Waals surface area contributed by atoms with Gasteiger partial charge in [0.1, 0.15) is 11.2 Å². The fraction of sp³-hybridized carbons (Fsp3) is 0.522. The van der Waals surface area contributed by atoms with E-state index >= 15 is 0 Å². The summed E-state index contributed by atoms with van der Waals surface area (Å²) in [5.74, 6) is -0.0684. The Morgan fingerprint density at radius 2 is 1.78 bits per heavy atom. The van der Waals surface area contributed by atoms with Crippen molar-refractivity contribution in [2.24, 2.45) is 11.8 Å². The van der Waals surface area contributed by atoms with E-state index in [0.29, 0.717) is 18.3 Å². The molecule has 0 saturated carbocycles. The van der Waals surface area contributed by atoms with Crippen LogP contribution >= 0.6 is 0 Å². The van der Waals surface area contributed by atoms with Gasteiger partial charge >= 0.3 is 5.97 Å². The molecule has 2 rings (SSSR count). The van der Waals surface area contributed by atoms with Crippen LogP contribution in [0, 0.1) is 11.8 Å². The predicted octanol–water partition coefficient (Wildman–Crippen LogP) is 5.65. The average Bonchev–Trinajstić information content (AvgIpc) is 2.87. The Kier molecular flexibility index (Phi) is 7.40. The zero-order valence-electron chi connectivity index (χ0n) is 16.9. The zero-order valence-corrected chi connectivity index (χ0v) is 16.9. The molecule has 0 spiro atoms. The van der Waals surface area contributed by atoms with Crippen molar-refractivity contribution in [3.63, 3.8) is 0 Å². The Labute approximate surface area is 162 Å². The van der Waals surface area contributed by atoms with Crippen molar-refractivity contribution in [1.82, 2.24) is 0 Å². The maximum Gasteiger partial charge on any atom is 0.306 e. The number of benzene rings is 1. The van der Waals surface area contributed by atoms with Crippen LogP contribution < -0.4 is 0 Å². The molecule has 1 N–H and O–H groups in total. The Morgan fingerprint density at radius 3 is 2.44 bits per heavy atom. The van der Waals surface area contributed by atoms with Crippen LogP contribution in [-0.2, 0) is 14.6 Å². The van der Waals surface area contributed by atoms with Crippen molar-refractivity contribution >= 4 is 12.0 Å². The molecule has 1 heterocycles. The molecule has 0 bridgehead atoms. The molecule has 4 unspecified atom stereocenters. The molecule has 4 atom stereocenters. The lowest BCUT2D eigenvalue weighted by molar-refractivity contribution is -0.346. The smallest absolute Gasteiger partial charge is 0.306 e. The molecule has 1 saturated heterocycles. The highest BCUT2D eigenvalue weighted by atomic mass is 17.2. The molecule has 0 amide bonds. The number of carboxylic acids is 1. The van der Waals surface area contributed by atoms with E-state index in [2.05, 4.69) is 50.3 Å². The normalized spacial score (nSPS) is 28.0. The average molecular weight is 373 g/mol. The van der Waals surface area contributed by atoms with Crippen molar-refractivity contribution < 1.29 is 19.7 Å². The first-order valence-corrected chi connectivity index (χ1v) is 9.68. The van der Waals surface area contributed by atoms with Crippen LogP contribution in [0.4, 0.5) is 0 Å². The molecule has 1 aliphatic rings. The van der Waals surface area contributed by atoms with Gasteiger partial charge in [-0.2, -0.15) is 0 Å². The molecule has 1 aromatic rings. The predicted molar refractivity (Wildman–Crippen MR) is 108 cm³/mol. The largest absolute Gasteiger partial charge is 0.481 e. The van der Waals surface area contributed by atoms with E-state index in [4.69, 9.17) is 14.9 Å². The summed E-state index contributed by atoms with van der Waals surface area (Å²) in [5, 5.41) is 9.02. The van der Waals surface area contributed by atoms with E-state index in [1.165, 1.54) is 5.56 Å². The van der Waals surface area contributed by atoms with Crippen LogP contribution in [0.15, 0.2) is 48.6 Å². The fourth-order valence-corrected chi connectivity index (χ4v) is 3.76. The SMILES string of the molecule is CC(/C=C/c1ccccc1)C/C=C/C(C)CC1(C)CC(C)(CC(=O)O)OO1. The van der Waals surface area contributed by atoms with Crippen LogP contribution in [0.25, 0.3) is 6.08 Å². The third-order valence-corrected chi connectivity index (χ3v) is 4.86. The highest BCUT2D eigenvalue weighted by Crippen LogP contribution is 2.41. The van der Waals surface area contributed by atoms with Crippen molar-refractivity contribution in [2.75, 3.05) is 0 Å². The van der Waals surface area contributed by atoms with Gasteiger partial charge in [0.15, 0.2) is 0 Å². The molecule has 148 valence electrons. The third-order valence-electron chi connectivity index (χ3n) is 4.86. The minimum absolute atomic E-state index is 0.0436. The van der Waals surface area contributed by atoms with Gasteiger partial charge in [-0.15, -0.1) is 0 Å². The number of hydrogen-bond acceptors (Lipinski definition) is 3. The van der Waals surface area contributed by atoms with Crippen molar-refractivity contribution in [1.29, 1.82) is 0 Å². The molecular formula is C23H32O4. The topological polar surface area (TPSA) is 55.8 Å². The molecular weight excluding hydrogens is 340 g/mol. The summed E-state index contributed by atoms with van der Waals surface area (Å²) >= 11 is 0. The van der Waals surface area contributed by atoms with Crippen LogP contribution in [0.3, 0.4) is 0 Å². The standard InChI is InChI=1S/C23H32O4/c1-18(13-14-20-11-6-5-7-12-20)9-8-10-19(2)15-22(3)17-23(4,27-26-22)16-21(24)25/h5-8,10-14,18-19H,9,15-17H2,1-4H3,(H,24,25)/b10-8+,14-13+. The van der Waals surface area contributed by atoms with E-state index < -0.39 is 17.2 Å². The van der Waals surface area contributed by atoms with Gasteiger partial charge in [-0.1, -0.05) is 68.5 Å². The molecule has 4 heteroatoms. The Hall–Kier alpha value is -1.91. The van der Waals surface area contributed by atoms with Gasteiger partial charge < -0.3 is 5.11 Å². The first kappa shape index (κ1) is 21.4. The van der Waals surface area contributed by atoms with Gasteiger partial charge in [0.2, 0.25) is 0 Å². The third kappa shape index (κ3) is 7.31. The molecule has 4 nitrogen and oxygen atoms in total. The highest BCUT2D eigenvalue weighted by Gasteiger charge is 2.47. The molecule has 0 radical (unpaired) electrons. The first-order valence-electron chi connectivity index (χ1n) is 9.68. The summed E-state index contributed by atoms with van der Waals surface area (Å²) in [4.78, 5) is 21.9. The Balaban J connectivity index is 1.78. The van der Waals surface area contributed by atoms with E-state index in [1.54, 1.807) is 6.92 Å². The van der Waals surface area contributed by atoms with Crippen molar-refractivity contribution in [3.05, 3.63) is 54.1 Å². The second-order valence-corrected chi connectivity index (χ2v) is 8.41. The first-order chi connectivity index (χ1) is 12.7. The fourth-order valence-electron chi connectivity index (χ4n) is 3.76. The van der Waals surface area contributed by atoms with Gasteiger partial charge in [0.05, 0.1) is 6.42 Å². The summed E-state index contributed by atoms with van der Waals surface area (Å²) in [6, 6.07) is 10.3. The summed E-state index contributed by atoms with van der Waals surface area (Å²) in [6.07, 6.45) is 11.2. The molecule has 1 aliphatic heterocycles. The number of rotatable bonds is 9. The lowest BCUT2D eigenvalue weighted by Gasteiger charge is -2.24. The maximum atomic E-state index is 11.0. The van der Waals surface area contributed by atoms with Crippen LogP contribution in [0.2, 0.25) is 0 Å². The summed E-state index contributed by atoms with van der Waals surface area (Å²) in [5.41, 5.74) is 0.0190. The van der Waals surface area contributed by atoms with Crippen LogP contribution in [-0.4, -0.2) is 22.3 Å². The van der Waals surface area contributed by atoms with Gasteiger partial charge in [-0.05, 0) is 44.1 Å². The number of carbonyl (C=O) groups is 1. The molecule has 1 aromatic carbocycles. The lowest BCUT2D eigenvalue weighted by Crippen LogP contribution is -2.31. The second kappa shape index (κ2) is 9.34. The van der Waals surface area contributed by atoms with Crippen LogP contribution in [0.1, 0.15) is 58.9 Å². The minimum Gasteiger partial charge on any atom is -0.481 e. The quantitative estimate of drug-likeness (QED) is 0.449. The van der Waals surface area contributed by atoms with E-state index in [0.717, 1.165) is 12.8 Å². The summed E-state index contributed by atoms with van der Waals surface area (Å²) in [7, 11) is 0. The summed E-state index contributed by atoms with van der Waals surface area (Å²) < 4.78 is 0. The number of allylic oxidation sites excluding steroid dienone is 3. The Morgan fingerprint density at radius 1 is 1.11 bits per heavy atom. The van der Waals surface area contributed by atoms with Gasteiger partial charge in [0.25, 0.3) is 0 Å². The number of carboxylic acid groups (broad SMARTS) is 1.